The molecule has 0 aliphatic carbocycles. The maximum absolute atomic E-state index is 9.20. The van der Waals surface area contributed by atoms with Crippen molar-refractivity contribution in [3.8, 4) is 6.07 Å². The highest BCUT2D eigenvalue weighted by atomic mass is 35.5. The van der Waals surface area contributed by atoms with E-state index in [1.54, 1.807) is 6.07 Å². The van der Waals surface area contributed by atoms with Gasteiger partial charge in [-0.1, -0.05) is 17.7 Å². The van der Waals surface area contributed by atoms with Gasteiger partial charge >= 0.3 is 0 Å². The third-order valence-electron chi connectivity index (χ3n) is 3.66. The molecule has 3 nitrogen and oxygen atoms in total. The van der Waals surface area contributed by atoms with Crippen LogP contribution in [0, 0.1) is 11.3 Å². The van der Waals surface area contributed by atoms with E-state index in [-0.39, 0.29) is 0 Å². The first-order valence-electron chi connectivity index (χ1n) is 6.49. The smallest absolute Gasteiger partial charge is 0.101 e. The second-order valence-electron chi connectivity index (χ2n) is 4.90. The molecule has 1 aliphatic heterocycles. The van der Waals surface area contributed by atoms with Crippen LogP contribution in [0.1, 0.15) is 30.0 Å². The van der Waals surface area contributed by atoms with Crippen molar-refractivity contribution in [3.63, 3.8) is 0 Å². The number of benzene rings is 1. The second-order valence-corrected chi connectivity index (χ2v) is 5.33. The van der Waals surface area contributed by atoms with Gasteiger partial charge in [-0.25, -0.2) is 0 Å². The van der Waals surface area contributed by atoms with Crippen LogP contribution in [-0.2, 0) is 0 Å². The Balaban J connectivity index is 2.09. The van der Waals surface area contributed by atoms with E-state index in [0.717, 1.165) is 42.5 Å². The minimum absolute atomic E-state index is 0.493. The van der Waals surface area contributed by atoms with Crippen molar-refractivity contribution in [2.75, 3.05) is 13.1 Å². The molecule has 2 aromatic rings. The summed E-state index contributed by atoms with van der Waals surface area (Å²) in [5.41, 5.74) is 2.41. The van der Waals surface area contributed by atoms with E-state index in [9.17, 15) is 5.26 Å². The van der Waals surface area contributed by atoms with Gasteiger partial charge in [0.15, 0.2) is 0 Å². The van der Waals surface area contributed by atoms with Crippen LogP contribution in [0.3, 0.4) is 0 Å². The Kier molecular flexibility index (Phi) is 3.37. The van der Waals surface area contributed by atoms with E-state index in [1.807, 2.05) is 12.1 Å². The van der Waals surface area contributed by atoms with Crippen LogP contribution in [0.5, 0.6) is 0 Å². The second kappa shape index (κ2) is 5.16. The largest absolute Gasteiger partial charge is 0.317 e. The molecule has 1 aliphatic rings. The molecule has 4 heteroatoms. The lowest BCUT2D eigenvalue weighted by atomic mass is 9.93. The highest BCUT2D eigenvalue weighted by molar-refractivity contribution is 6.31. The monoisotopic (exact) mass is 271 g/mol. The van der Waals surface area contributed by atoms with Gasteiger partial charge in [-0.2, -0.15) is 5.26 Å². The summed E-state index contributed by atoms with van der Waals surface area (Å²) in [4.78, 5) is 4.70. The number of rotatable bonds is 1. The molecule has 96 valence electrons. The molecule has 0 radical (unpaired) electrons. The Morgan fingerprint density at radius 1 is 1.26 bits per heavy atom. The van der Waals surface area contributed by atoms with Gasteiger partial charge in [0.05, 0.1) is 11.1 Å². The molecule has 0 atom stereocenters. The summed E-state index contributed by atoms with van der Waals surface area (Å²) in [5, 5.41) is 14.1. The summed E-state index contributed by atoms with van der Waals surface area (Å²) < 4.78 is 0. The van der Waals surface area contributed by atoms with Crippen LogP contribution in [0.25, 0.3) is 10.9 Å². The van der Waals surface area contributed by atoms with Gasteiger partial charge in [0.25, 0.3) is 0 Å². The molecule has 1 aromatic heterocycles. The Hall–Kier alpha value is -1.63. The predicted molar refractivity (Wildman–Crippen MR) is 76.3 cm³/mol. The molecular weight excluding hydrogens is 258 g/mol. The number of nitrogens with one attached hydrogen (secondary N) is 1. The van der Waals surface area contributed by atoms with E-state index >= 15 is 0 Å². The van der Waals surface area contributed by atoms with E-state index in [2.05, 4.69) is 17.5 Å². The molecular formula is C15H14ClN3. The maximum atomic E-state index is 9.20. The van der Waals surface area contributed by atoms with Crippen LogP contribution in [0.2, 0.25) is 5.02 Å². The van der Waals surface area contributed by atoms with Gasteiger partial charge in [0.2, 0.25) is 0 Å². The number of halogens is 1. The Morgan fingerprint density at radius 3 is 2.79 bits per heavy atom. The number of fused-ring (bicyclic) bond motifs is 1. The highest BCUT2D eigenvalue weighted by Crippen LogP contribution is 2.28. The molecule has 1 N–H and O–H groups in total. The normalized spacial score (nSPS) is 16.4. The molecule has 0 unspecified atom stereocenters. The predicted octanol–water partition coefficient (Wildman–Crippen LogP) is 3.23. The maximum Gasteiger partial charge on any atom is 0.101 e. The fourth-order valence-electron chi connectivity index (χ4n) is 2.64. The van der Waals surface area contributed by atoms with Crippen molar-refractivity contribution in [1.82, 2.24) is 10.3 Å². The molecule has 1 saturated heterocycles. The van der Waals surface area contributed by atoms with Crippen LogP contribution >= 0.6 is 11.6 Å². The molecule has 19 heavy (non-hydrogen) atoms. The zero-order chi connectivity index (χ0) is 13.2. The Labute approximate surface area is 117 Å². The minimum Gasteiger partial charge on any atom is -0.317 e. The van der Waals surface area contributed by atoms with Crippen molar-refractivity contribution < 1.29 is 0 Å². The summed E-state index contributed by atoms with van der Waals surface area (Å²) in [7, 11) is 0. The van der Waals surface area contributed by atoms with E-state index in [1.165, 1.54) is 0 Å². The summed E-state index contributed by atoms with van der Waals surface area (Å²) in [5.74, 6) is 0.493. The van der Waals surface area contributed by atoms with Gasteiger partial charge in [-0.15, -0.1) is 0 Å². The van der Waals surface area contributed by atoms with Gasteiger partial charge in [0.1, 0.15) is 6.07 Å². The van der Waals surface area contributed by atoms with Crippen molar-refractivity contribution in [1.29, 1.82) is 5.26 Å². The first kappa shape index (κ1) is 12.4. The Morgan fingerprint density at radius 2 is 2.05 bits per heavy atom. The number of pyridine rings is 1. The lowest BCUT2D eigenvalue weighted by molar-refractivity contribution is 0.454. The third kappa shape index (κ3) is 2.42. The van der Waals surface area contributed by atoms with Crippen molar-refractivity contribution in [2.45, 2.75) is 18.8 Å². The summed E-state index contributed by atoms with van der Waals surface area (Å²) in [6.07, 6.45) is 2.21. The van der Waals surface area contributed by atoms with Gasteiger partial charge < -0.3 is 5.32 Å². The fraction of sp³-hybridized carbons (Fsp3) is 0.333. The number of aromatic nitrogens is 1. The van der Waals surface area contributed by atoms with Gasteiger partial charge in [-0.05, 0) is 44.1 Å². The van der Waals surface area contributed by atoms with E-state index < -0.39 is 0 Å². The van der Waals surface area contributed by atoms with Gasteiger partial charge in [0, 0.05) is 22.0 Å². The first-order chi connectivity index (χ1) is 9.28. The van der Waals surface area contributed by atoms with E-state index in [0.29, 0.717) is 16.5 Å². The molecule has 0 bridgehead atoms. The molecule has 0 spiro atoms. The molecule has 2 heterocycles. The summed E-state index contributed by atoms with van der Waals surface area (Å²) in [6, 6.07) is 9.81. The lowest BCUT2D eigenvalue weighted by Gasteiger charge is -2.22. The average Bonchev–Trinajstić information content (AvgIpc) is 2.46. The zero-order valence-electron chi connectivity index (χ0n) is 10.5. The SMILES string of the molecule is N#Cc1cc(Cl)cc2ccc(C3CCNCC3)nc12. The molecule has 1 aromatic carbocycles. The average molecular weight is 272 g/mol. The first-order valence-corrected chi connectivity index (χ1v) is 6.87. The highest BCUT2D eigenvalue weighted by Gasteiger charge is 2.17. The number of hydrogen-bond donors (Lipinski definition) is 1. The molecule has 0 saturated carbocycles. The third-order valence-corrected chi connectivity index (χ3v) is 3.87. The molecule has 0 amide bonds. The summed E-state index contributed by atoms with van der Waals surface area (Å²) in [6.45, 7) is 2.08. The zero-order valence-corrected chi connectivity index (χ0v) is 11.2. The minimum atomic E-state index is 0.493. The topological polar surface area (TPSA) is 48.7 Å². The fourth-order valence-corrected chi connectivity index (χ4v) is 2.87. The van der Waals surface area contributed by atoms with E-state index in [4.69, 9.17) is 16.6 Å². The van der Waals surface area contributed by atoms with Crippen molar-refractivity contribution >= 4 is 22.5 Å². The van der Waals surface area contributed by atoms with Crippen LogP contribution in [-0.4, -0.2) is 18.1 Å². The van der Waals surface area contributed by atoms with Crippen LogP contribution < -0.4 is 5.32 Å². The quantitative estimate of drug-likeness (QED) is 0.866. The van der Waals surface area contributed by atoms with Gasteiger partial charge in [-0.3, -0.25) is 4.98 Å². The standard InChI is InChI=1S/C15H14ClN3/c16-13-7-11-1-2-14(10-3-5-18-6-4-10)19-15(11)12(8-13)9-17/h1-2,7-8,10,18H,3-6H2. The van der Waals surface area contributed by atoms with Crippen molar-refractivity contribution in [3.05, 3.63) is 40.5 Å². The van der Waals surface area contributed by atoms with Crippen LogP contribution in [0.4, 0.5) is 0 Å². The molecule has 3 rings (SSSR count). The number of hydrogen-bond acceptors (Lipinski definition) is 3. The Bertz CT molecular complexity index is 654. The molecule has 1 fully saturated rings. The van der Waals surface area contributed by atoms with Crippen molar-refractivity contribution in [2.24, 2.45) is 0 Å². The number of nitrogens with zero attached hydrogens (tertiary/aromatic N) is 2. The summed E-state index contributed by atoms with van der Waals surface area (Å²) >= 11 is 6.00. The van der Waals surface area contributed by atoms with Crippen LogP contribution in [0.15, 0.2) is 24.3 Å². The number of nitriles is 1. The number of piperidine rings is 1. The lowest BCUT2D eigenvalue weighted by Crippen LogP contribution is -2.27.